The molecular weight excluding hydrogens is 192 g/mol. The summed E-state index contributed by atoms with van der Waals surface area (Å²) in [4.78, 5) is 11.1. The van der Waals surface area contributed by atoms with Crippen molar-refractivity contribution in [1.82, 2.24) is 0 Å². The number of ether oxygens (including phenoxy) is 1. The molecule has 0 bridgehead atoms. The molecule has 3 N–H and O–H groups in total. The van der Waals surface area contributed by atoms with Crippen molar-refractivity contribution in [2.24, 2.45) is 5.73 Å². The van der Waals surface area contributed by atoms with Gasteiger partial charge in [-0.1, -0.05) is 6.07 Å². The minimum Gasteiger partial charge on any atom is -0.496 e. The summed E-state index contributed by atoms with van der Waals surface area (Å²) < 4.78 is 5.25. The number of hydrogen-bond acceptors (Lipinski definition) is 3. The normalized spacial score (nSPS) is 9.87. The second-order valence-electron chi connectivity index (χ2n) is 3.34. The van der Waals surface area contributed by atoms with Crippen LogP contribution in [0, 0.1) is 13.8 Å². The fourth-order valence-corrected chi connectivity index (χ4v) is 1.48. The third-order valence-electron chi connectivity index (χ3n) is 2.27. The third kappa shape index (κ3) is 2.47. The number of nitrogens with one attached hydrogen (secondary N) is 1. The predicted octanol–water partition coefficient (Wildman–Crippen LogP) is 1.21. The van der Waals surface area contributed by atoms with Gasteiger partial charge >= 0.3 is 0 Å². The number of benzene rings is 1. The van der Waals surface area contributed by atoms with Gasteiger partial charge < -0.3 is 15.8 Å². The molecular formula is C11H16N2O2. The Labute approximate surface area is 89.4 Å². The van der Waals surface area contributed by atoms with E-state index in [-0.39, 0.29) is 12.5 Å². The maximum Gasteiger partial charge on any atom is 0.238 e. The van der Waals surface area contributed by atoms with Crippen LogP contribution in [0.5, 0.6) is 5.75 Å². The molecule has 0 aliphatic rings. The number of rotatable bonds is 3. The molecule has 0 saturated heterocycles. The predicted molar refractivity (Wildman–Crippen MR) is 60.2 cm³/mol. The van der Waals surface area contributed by atoms with Gasteiger partial charge in [-0.25, -0.2) is 0 Å². The highest BCUT2D eigenvalue weighted by molar-refractivity contribution is 5.93. The van der Waals surface area contributed by atoms with Gasteiger partial charge in [0.1, 0.15) is 5.75 Å². The molecule has 0 spiro atoms. The molecule has 4 nitrogen and oxygen atoms in total. The van der Waals surface area contributed by atoms with E-state index in [1.54, 1.807) is 7.11 Å². The summed E-state index contributed by atoms with van der Waals surface area (Å²) in [6.45, 7) is 3.84. The lowest BCUT2D eigenvalue weighted by atomic mass is 10.1. The maximum atomic E-state index is 11.1. The average molecular weight is 208 g/mol. The van der Waals surface area contributed by atoms with E-state index in [2.05, 4.69) is 5.32 Å². The van der Waals surface area contributed by atoms with E-state index in [0.717, 1.165) is 22.6 Å². The number of amides is 1. The largest absolute Gasteiger partial charge is 0.496 e. The van der Waals surface area contributed by atoms with Gasteiger partial charge in [0, 0.05) is 11.3 Å². The van der Waals surface area contributed by atoms with Gasteiger partial charge in [0.25, 0.3) is 0 Å². The minimum atomic E-state index is -0.205. The highest BCUT2D eigenvalue weighted by atomic mass is 16.5. The quantitative estimate of drug-likeness (QED) is 0.784. The molecule has 1 amide bonds. The Hall–Kier alpha value is -1.55. The zero-order valence-electron chi connectivity index (χ0n) is 9.26. The van der Waals surface area contributed by atoms with Crippen LogP contribution in [-0.4, -0.2) is 19.6 Å². The first-order chi connectivity index (χ1) is 7.10. The van der Waals surface area contributed by atoms with Gasteiger partial charge in [-0.05, 0) is 25.5 Å². The van der Waals surface area contributed by atoms with Crippen LogP contribution < -0.4 is 15.8 Å². The first-order valence-electron chi connectivity index (χ1n) is 4.74. The van der Waals surface area contributed by atoms with Crippen molar-refractivity contribution in [3.63, 3.8) is 0 Å². The Morgan fingerprint density at radius 3 is 2.67 bits per heavy atom. The summed E-state index contributed by atoms with van der Waals surface area (Å²) in [6.07, 6.45) is 0. The highest BCUT2D eigenvalue weighted by Crippen LogP contribution is 2.28. The van der Waals surface area contributed by atoms with E-state index < -0.39 is 0 Å². The van der Waals surface area contributed by atoms with Crippen LogP contribution in [0.3, 0.4) is 0 Å². The van der Waals surface area contributed by atoms with Crippen LogP contribution in [0.25, 0.3) is 0 Å². The number of nitrogens with two attached hydrogens (primary N) is 1. The molecule has 1 rings (SSSR count). The molecule has 82 valence electrons. The van der Waals surface area contributed by atoms with Crippen molar-refractivity contribution in [3.05, 3.63) is 23.3 Å². The van der Waals surface area contributed by atoms with Crippen molar-refractivity contribution < 1.29 is 9.53 Å². The summed E-state index contributed by atoms with van der Waals surface area (Å²) in [7, 11) is 1.61. The fourth-order valence-electron chi connectivity index (χ4n) is 1.48. The van der Waals surface area contributed by atoms with Crippen molar-refractivity contribution in [1.29, 1.82) is 0 Å². The highest BCUT2D eigenvalue weighted by Gasteiger charge is 2.09. The Bertz CT molecular complexity index is 375. The molecule has 0 aliphatic carbocycles. The molecule has 0 aliphatic heterocycles. The van der Waals surface area contributed by atoms with E-state index >= 15 is 0 Å². The Morgan fingerprint density at radius 1 is 1.47 bits per heavy atom. The average Bonchev–Trinajstić information content (AvgIpc) is 2.23. The van der Waals surface area contributed by atoms with Gasteiger partial charge in [-0.2, -0.15) is 0 Å². The van der Waals surface area contributed by atoms with E-state index in [9.17, 15) is 4.79 Å². The van der Waals surface area contributed by atoms with Gasteiger partial charge in [-0.3, -0.25) is 4.79 Å². The molecule has 0 heterocycles. The van der Waals surface area contributed by atoms with Crippen LogP contribution in [0.4, 0.5) is 5.69 Å². The molecule has 15 heavy (non-hydrogen) atoms. The second-order valence-corrected chi connectivity index (χ2v) is 3.34. The number of carbonyl (C=O) groups is 1. The number of hydrogen-bond donors (Lipinski definition) is 2. The molecule has 0 fully saturated rings. The molecule has 0 aromatic heterocycles. The molecule has 1 aromatic rings. The number of carbonyl (C=O) groups excluding carboxylic acids is 1. The van der Waals surface area contributed by atoms with Crippen molar-refractivity contribution >= 4 is 11.6 Å². The van der Waals surface area contributed by atoms with Crippen LogP contribution in [0.2, 0.25) is 0 Å². The third-order valence-corrected chi connectivity index (χ3v) is 2.27. The Morgan fingerprint density at radius 2 is 2.13 bits per heavy atom. The van der Waals surface area contributed by atoms with E-state index in [1.807, 2.05) is 26.0 Å². The summed E-state index contributed by atoms with van der Waals surface area (Å²) >= 11 is 0. The molecule has 0 atom stereocenters. The van der Waals surface area contributed by atoms with Gasteiger partial charge in [0.2, 0.25) is 5.91 Å². The molecule has 0 saturated carbocycles. The van der Waals surface area contributed by atoms with E-state index in [4.69, 9.17) is 10.5 Å². The van der Waals surface area contributed by atoms with Crippen LogP contribution in [-0.2, 0) is 4.79 Å². The second kappa shape index (κ2) is 4.79. The lowest BCUT2D eigenvalue weighted by Gasteiger charge is -2.13. The monoisotopic (exact) mass is 208 g/mol. The topological polar surface area (TPSA) is 64.3 Å². The van der Waals surface area contributed by atoms with Crippen molar-refractivity contribution in [3.8, 4) is 5.75 Å². The SMILES string of the molecule is COc1c(C)ccc(NC(=O)CN)c1C. The molecule has 0 unspecified atom stereocenters. The lowest BCUT2D eigenvalue weighted by Crippen LogP contribution is -2.22. The summed E-state index contributed by atoms with van der Waals surface area (Å²) in [5.41, 5.74) is 7.93. The van der Waals surface area contributed by atoms with Gasteiger partial charge in [0.15, 0.2) is 0 Å². The maximum absolute atomic E-state index is 11.1. The molecule has 1 aromatic carbocycles. The summed E-state index contributed by atoms with van der Waals surface area (Å²) in [5.74, 6) is 0.592. The smallest absolute Gasteiger partial charge is 0.238 e. The first-order valence-corrected chi connectivity index (χ1v) is 4.74. The summed E-state index contributed by atoms with van der Waals surface area (Å²) in [6, 6.07) is 3.75. The lowest BCUT2D eigenvalue weighted by molar-refractivity contribution is -0.114. The standard InChI is InChI=1S/C11H16N2O2/c1-7-4-5-9(13-10(14)6-12)8(2)11(7)15-3/h4-5H,6,12H2,1-3H3,(H,13,14). The molecule has 0 radical (unpaired) electrons. The van der Waals surface area contributed by atoms with E-state index in [1.165, 1.54) is 0 Å². The zero-order valence-corrected chi connectivity index (χ0v) is 9.26. The zero-order chi connectivity index (χ0) is 11.4. The summed E-state index contributed by atoms with van der Waals surface area (Å²) in [5, 5.41) is 2.72. The first kappa shape index (κ1) is 11.5. The van der Waals surface area contributed by atoms with Crippen LogP contribution in [0.1, 0.15) is 11.1 Å². The van der Waals surface area contributed by atoms with Gasteiger partial charge in [0.05, 0.1) is 13.7 Å². The number of aryl methyl sites for hydroxylation is 1. The Balaban J connectivity index is 3.05. The van der Waals surface area contributed by atoms with E-state index in [0.29, 0.717) is 0 Å². The fraction of sp³-hybridized carbons (Fsp3) is 0.364. The number of anilines is 1. The van der Waals surface area contributed by atoms with Crippen molar-refractivity contribution in [2.45, 2.75) is 13.8 Å². The van der Waals surface area contributed by atoms with Crippen molar-refractivity contribution in [2.75, 3.05) is 19.0 Å². The molecule has 4 heteroatoms. The Kier molecular flexibility index (Phi) is 3.68. The van der Waals surface area contributed by atoms with Gasteiger partial charge in [-0.15, -0.1) is 0 Å². The minimum absolute atomic E-state index is 0.0182. The van der Waals surface area contributed by atoms with Crippen LogP contribution in [0.15, 0.2) is 12.1 Å². The number of methoxy groups -OCH3 is 1. The van der Waals surface area contributed by atoms with Crippen LogP contribution >= 0.6 is 0 Å².